The van der Waals surface area contributed by atoms with Crippen LogP contribution in [0, 0.1) is 5.82 Å². The Labute approximate surface area is 105 Å². The van der Waals surface area contributed by atoms with Crippen molar-refractivity contribution < 1.29 is 17.6 Å². The molecule has 1 aromatic heterocycles. The molecule has 19 heavy (non-hydrogen) atoms. The lowest BCUT2D eigenvalue weighted by Gasteiger charge is -2.07. The van der Waals surface area contributed by atoms with Gasteiger partial charge >= 0.3 is 6.18 Å². The Morgan fingerprint density at radius 1 is 1.21 bits per heavy atom. The highest BCUT2D eigenvalue weighted by molar-refractivity contribution is 5.57. The molecule has 7 heteroatoms. The molecule has 3 nitrogen and oxygen atoms in total. The molecular formula is C12H9F4N3. The summed E-state index contributed by atoms with van der Waals surface area (Å²) in [5.74, 6) is 0.0711. The number of halogens is 4. The smallest absolute Gasteiger partial charge is 0.262 e. The van der Waals surface area contributed by atoms with Crippen LogP contribution in [0.5, 0.6) is 0 Å². The van der Waals surface area contributed by atoms with Crippen molar-refractivity contribution in [1.29, 1.82) is 0 Å². The Morgan fingerprint density at radius 3 is 2.58 bits per heavy atom. The Balaban J connectivity index is 2.02. The summed E-state index contributed by atoms with van der Waals surface area (Å²) >= 11 is 0. The molecule has 0 unspecified atom stereocenters. The Hall–Kier alpha value is -1.92. The molecule has 0 bridgehead atoms. The largest absolute Gasteiger partial charge is 0.416 e. The molecule has 0 spiro atoms. The van der Waals surface area contributed by atoms with E-state index in [0.717, 1.165) is 25.0 Å². The topological polar surface area (TPSA) is 41.6 Å². The summed E-state index contributed by atoms with van der Waals surface area (Å²) in [5, 5.41) is 6.43. The summed E-state index contributed by atoms with van der Waals surface area (Å²) < 4.78 is 51.4. The van der Waals surface area contributed by atoms with Gasteiger partial charge in [0, 0.05) is 5.92 Å². The monoisotopic (exact) mass is 271 g/mol. The number of nitrogens with zero attached hydrogens (tertiary/aromatic N) is 2. The maximum Gasteiger partial charge on any atom is 0.416 e. The zero-order valence-corrected chi connectivity index (χ0v) is 9.63. The van der Waals surface area contributed by atoms with Crippen molar-refractivity contribution in [1.82, 2.24) is 15.2 Å². The second-order valence-corrected chi connectivity index (χ2v) is 4.51. The summed E-state index contributed by atoms with van der Waals surface area (Å²) in [6, 6.07) is 2.22. The van der Waals surface area contributed by atoms with Gasteiger partial charge in [0.15, 0.2) is 5.82 Å². The van der Waals surface area contributed by atoms with Crippen LogP contribution in [0.3, 0.4) is 0 Å². The minimum Gasteiger partial charge on any atom is -0.262 e. The molecule has 100 valence electrons. The fourth-order valence-corrected chi connectivity index (χ4v) is 1.81. The van der Waals surface area contributed by atoms with E-state index in [1.165, 1.54) is 0 Å². The highest BCUT2D eigenvalue weighted by Crippen LogP contribution is 2.39. The van der Waals surface area contributed by atoms with E-state index in [2.05, 4.69) is 15.2 Å². The SMILES string of the molecule is Fc1ccc(C(F)(F)F)cc1-c1n[nH]c(C2CC2)n1. The van der Waals surface area contributed by atoms with Crippen molar-refractivity contribution in [3.05, 3.63) is 35.4 Å². The van der Waals surface area contributed by atoms with E-state index in [-0.39, 0.29) is 17.3 Å². The van der Waals surface area contributed by atoms with Crippen LogP contribution in [-0.2, 0) is 6.18 Å². The zero-order chi connectivity index (χ0) is 13.6. The lowest BCUT2D eigenvalue weighted by molar-refractivity contribution is -0.137. The van der Waals surface area contributed by atoms with Crippen LogP contribution in [0.1, 0.15) is 30.1 Å². The molecule has 0 atom stereocenters. The first-order valence-electron chi connectivity index (χ1n) is 5.74. The van der Waals surface area contributed by atoms with E-state index in [9.17, 15) is 17.6 Å². The molecule has 1 fully saturated rings. The number of H-pyrrole nitrogens is 1. The van der Waals surface area contributed by atoms with Crippen LogP contribution >= 0.6 is 0 Å². The fraction of sp³-hybridized carbons (Fsp3) is 0.333. The molecule has 1 saturated carbocycles. The first-order valence-corrected chi connectivity index (χ1v) is 5.74. The molecule has 1 N–H and O–H groups in total. The average Bonchev–Trinajstić information content (AvgIpc) is 3.07. The van der Waals surface area contributed by atoms with E-state index >= 15 is 0 Å². The Kier molecular flexibility index (Phi) is 2.58. The van der Waals surface area contributed by atoms with E-state index in [1.54, 1.807) is 0 Å². The molecule has 1 aliphatic carbocycles. The summed E-state index contributed by atoms with van der Waals surface area (Å²) in [4.78, 5) is 4.05. The molecule has 2 aromatic rings. The number of rotatable bonds is 2. The fourth-order valence-electron chi connectivity index (χ4n) is 1.81. The number of aromatic nitrogens is 3. The minimum atomic E-state index is -4.52. The number of benzene rings is 1. The summed E-state index contributed by atoms with van der Waals surface area (Å²) in [5.41, 5.74) is -1.15. The predicted octanol–water partition coefficient (Wildman–Crippen LogP) is 3.51. The van der Waals surface area contributed by atoms with E-state index in [4.69, 9.17) is 0 Å². The summed E-state index contributed by atoms with van der Waals surface area (Å²) in [6.45, 7) is 0. The van der Waals surface area contributed by atoms with Crippen molar-refractivity contribution in [2.24, 2.45) is 0 Å². The second-order valence-electron chi connectivity index (χ2n) is 4.51. The van der Waals surface area contributed by atoms with Gasteiger partial charge in [-0.05, 0) is 31.0 Å². The van der Waals surface area contributed by atoms with Gasteiger partial charge in [0.05, 0.1) is 11.1 Å². The van der Waals surface area contributed by atoms with Gasteiger partial charge < -0.3 is 0 Å². The number of hydrogen-bond donors (Lipinski definition) is 1. The van der Waals surface area contributed by atoms with Gasteiger partial charge in [-0.25, -0.2) is 9.37 Å². The standard InChI is InChI=1S/C12H9F4N3/c13-9-4-3-7(12(14,15)16)5-8(9)11-17-10(18-19-11)6-1-2-6/h3-6H,1-2H2,(H,17,18,19). The van der Waals surface area contributed by atoms with Crippen LogP contribution in [0.25, 0.3) is 11.4 Å². The number of aromatic amines is 1. The quantitative estimate of drug-likeness (QED) is 0.849. The van der Waals surface area contributed by atoms with Crippen molar-refractivity contribution in [2.75, 3.05) is 0 Å². The maximum atomic E-state index is 13.6. The second kappa shape index (κ2) is 4.04. The van der Waals surface area contributed by atoms with Gasteiger partial charge in [0.25, 0.3) is 0 Å². The van der Waals surface area contributed by atoms with E-state index in [0.29, 0.717) is 11.9 Å². The van der Waals surface area contributed by atoms with Crippen molar-refractivity contribution >= 4 is 0 Å². The predicted molar refractivity (Wildman–Crippen MR) is 58.8 cm³/mol. The summed E-state index contributed by atoms with van der Waals surface area (Å²) in [7, 11) is 0. The van der Waals surface area contributed by atoms with Crippen LogP contribution < -0.4 is 0 Å². The van der Waals surface area contributed by atoms with Crippen molar-refractivity contribution in [2.45, 2.75) is 24.9 Å². The molecule has 3 rings (SSSR count). The van der Waals surface area contributed by atoms with Gasteiger partial charge in [-0.2, -0.15) is 18.3 Å². The van der Waals surface area contributed by atoms with Gasteiger partial charge in [-0.15, -0.1) is 0 Å². The minimum absolute atomic E-state index is 0.0366. The third kappa shape index (κ3) is 2.32. The van der Waals surface area contributed by atoms with Gasteiger partial charge in [-0.3, -0.25) is 5.10 Å². The molecular weight excluding hydrogens is 262 g/mol. The summed E-state index contributed by atoms with van der Waals surface area (Å²) in [6.07, 6.45) is -2.57. The van der Waals surface area contributed by atoms with Gasteiger partial charge in [0.1, 0.15) is 11.6 Å². The number of hydrogen-bond acceptors (Lipinski definition) is 2. The normalized spacial score (nSPS) is 15.8. The van der Waals surface area contributed by atoms with E-state index < -0.39 is 17.6 Å². The third-order valence-electron chi connectivity index (χ3n) is 3.00. The highest BCUT2D eigenvalue weighted by atomic mass is 19.4. The lowest BCUT2D eigenvalue weighted by atomic mass is 10.1. The lowest BCUT2D eigenvalue weighted by Crippen LogP contribution is -2.05. The molecule has 0 amide bonds. The Bertz CT molecular complexity index is 614. The number of alkyl halides is 3. The Morgan fingerprint density at radius 2 is 1.95 bits per heavy atom. The first-order chi connectivity index (χ1) is 8.95. The average molecular weight is 271 g/mol. The molecule has 0 aliphatic heterocycles. The van der Waals surface area contributed by atoms with Crippen LogP contribution in [0.15, 0.2) is 18.2 Å². The van der Waals surface area contributed by atoms with Crippen LogP contribution in [0.2, 0.25) is 0 Å². The zero-order valence-electron chi connectivity index (χ0n) is 9.63. The highest BCUT2D eigenvalue weighted by Gasteiger charge is 2.32. The van der Waals surface area contributed by atoms with Crippen LogP contribution in [-0.4, -0.2) is 15.2 Å². The first kappa shape index (κ1) is 12.1. The molecule has 1 aliphatic rings. The van der Waals surface area contributed by atoms with E-state index in [1.807, 2.05) is 0 Å². The molecule has 1 aromatic carbocycles. The number of nitrogens with one attached hydrogen (secondary N) is 1. The molecule has 1 heterocycles. The van der Waals surface area contributed by atoms with Gasteiger partial charge in [-0.1, -0.05) is 0 Å². The third-order valence-corrected chi connectivity index (χ3v) is 3.00. The van der Waals surface area contributed by atoms with Crippen molar-refractivity contribution in [3.63, 3.8) is 0 Å². The molecule has 0 saturated heterocycles. The maximum absolute atomic E-state index is 13.6. The van der Waals surface area contributed by atoms with Crippen LogP contribution in [0.4, 0.5) is 17.6 Å². The van der Waals surface area contributed by atoms with Crippen molar-refractivity contribution in [3.8, 4) is 11.4 Å². The van der Waals surface area contributed by atoms with Gasteiger partial charge in [0.2, 0.25) is 0 Å². The molecule has 0 radical (unpaired) electrons.